The maximum absolute atomic E-state index is 12.6. The van der Waals surface area contributed by atoms with E-state index in [9.17, 15) is 4.79 Å². The summed E-state index contributed by atoms with van der Waals surface area (Å²) in [6.07, 6.45) is 7.61. The number of fused-ring (bicyclic) bond motifs is 2. The number of hydrogen-bond acceptors (Lipinski definition) is 4. The van der Waals surface area contributed by atoms with Gasteiger partial charge in [0.25, 0.3) is 0 Å². The fraction of sp³-hybridized carbons (Fsp3) is 0.773. The van der Waals surface area contributed by atoms with Crippen molar-refractivity contribution in [3.8, 4) is 0 Å². The molecule has 2 saturated heterocycles. The summed E-state index contributed by atoms with van der Waals surface area (Å²) < 4.78 is 7.82. The van der Waals surface area contributed by atoms with Gasteiger partial charge < -0.3 is 24.8 Å². The summed E-state index contributed by atoms with van der Waals surface area (Å²) >= 11 is 0. The van der Waals surface area contributed by atoms with Crippen molar-refractivity contribution in [1.29, 1.82) is 0 Å². The second-order valence-electron chi connectivity index (χ2n) is 9.90. The van der Waals surface area contributed by atoms with Crippen molar-refractivity contribution in [3.63, 3.8) is 0 Å². The van der Waals surface area contributed by atoms with Crippen molar-refractivity contribution in [2.75, 3.05) is 7.05 Å². The highest BCUT2D eigenvalue weighted by atomic mass is 16.6. The van der Waals surface area contributed by atoms with Crippen molar-refractivity contribution in [2.45, 2.75) is 97.1 Å². The van der Waals surface area contributed by atoms with E-state index in [-0.39, 0.29) is 18.2 Å². The number of aromatic nitrogens is 2. The molecule has 30 heavy (non-hydrogen) atoms. The fourth-order valence-electron chi connectivity index (χ4n) is 4.53. The van der Waals surface area contributed by atoms with Gasteiger partial charge in [0.2, 0.25) is 0 Å². The Morgan fingerprint density at radius 1 is 1.30 bits per heavy atom. The number of imidazole rings is 1. The highest BCUT2D eigenvalue weighted by Gasteiger charge is 2.45. The third-order valence-corrected chi connectivity index (χ3v) is 5.68. The largest absolute Gasteiger partial charge is 0.444 e. The Kier molecular flexibility index (Phi) is 6.93. The number of carbonyl (C=O) groups excluding carboxylic acids is 1. The smallest absolute Gasteiger partial charge is 0.410 e. The van der Waals surface area contributed by atoms with Crippen LogP contribution < -0.4 is 10.6 Å². The third kappa shape index (κ3) is 5.67. The molecule has 2 aliphatic rings. The van der Waals surface area contributed by atoms with Crippen LogP contribution in [0.2, 0.25) is 0 Å². The molecule has 1 amide bonds. The first kappa shape index (κ1) is 22.4. The Morgan fingerprint density at radius 2 is 1.97 bits per heavy atom. The molecule has 0 aliphatic carbocycles. The van der Waals surface area contributed by atoms with Crippen LogP contribution in [0, 0.1) is 5.92 Å². The van der Waals surface area contributed by atoms with Gasteiger partial charge in [0.05, 0.1) is 6.54 Å². The average molecular weight is 419 g/mol. The van der Waals surface area contributed by atoms with Gasteiger partial charge in [0.1, 0.15) is 11.4 Å². The fourth-order valence-corrected chi connectivity index (χ4v) is 4.53. The number of rotatable bonds is 5. The Hall–Kier alpha value is -2.25. The molecule has 1 aromatic heterocycles. The zero-order chi connectivity index (χ0) is 21.9. The average Bonchev–Trinajstić information content (AvgIpc) is 3.18. The van der Waals surface area contributed by atoms with Crippen LogP contribution in [0.3, 0.4) is 0 Å². The summed E-state index contributed by atoms with van der Waals surface area (Å²) in [6, 6.07) is 0.765. The molecular weight excluding hydrogens is 380 g/mol. The number of piperidine rings is 1. The van der Waals surface area contributed by atoms with Crippen LogP contribution in [-0.4, -0.2) is 57.3 Å². The number of nitrogens with one attached hydrogen (secondary N) is 2. The Bertz CT molecular complexity index is 737. The molecule has 8 heteroatoms. The van der Waals surface area contributed by atoms with Gasteiger partial charge >= 0.3 is 6.09 Å². The Morgan fingerprint density at radius 3 is 2.53 bits per heavy atom. The summed E-state index contributed by atoms with van der Waals surface area (Å²) in [4.78, 5) is 23.5. The van der Waals surface area contributed by atoms with Gasteiger partial charge in [-0.05, 0) is 52.4 Å². The van der Waals surface area contributed by atoms with Crippen molar-refractivity contribution in [3.05, 3.63) is 18.2 Å². The lowest BCUT2D eigenvalue weighted by Crippen LogP contribution is -2.55. The minimum Gasteiger partial charge on any atom is -0.444 e. The molecule has 0 spiro atoms. The lowest BCUT2D eigenvalue weighted by atomic mass is 9.98. The van der Waals surface area contributed by atoms with Crippen molar-refractivity contribution < 1.29 is 9.53 Å². The number of nitrogens with zero attached hydrogens (tertiary/aromatic N) is 4. The van der Waals surface area contributed by atoms with Gasteiger partial charge in [-0.3, -0.25) is 4.99 Å². The van der Waals surface area contributed by atoms with Crippen LogP contribution in [0.5, 0.6) is 0 Å². The van der Waals surface area contributed by atoms with Gasteiger partial charge in [-0.1, -0.05) is 13.8 Å². The maximum atomic E-state index is 12.6. The van der Waals surface area contributed by atoms with E-state index in [2.05, 4.69) is 39.0 Å². The molecule has 168 valence electrons. The SMILES string of the molecule is CN=C(NCc1nccn1CC(C)C)NC1CC2CCC(C1)N2C(=O)OC(C)(C)C. The number of hydrogen-bond donors (Lipinski definition) is 2. The van der Waals surface area contributed by atoms with Gasteiger partial charge in [0.15, 0.2) is 5.96 Å². The first-order valence-corrected chi connectivity index (χ1v) is 11.1. The predicted molar refractivity (Wildman–Crippen MR) is 118 cm³/mol. The molecule has 2 aliphatic heterocycles. The van der Waals surface area contributed by atoms with Crippen LogP contribution in [0.4, 0.5) is 4.79 Å². The maximum Gasteiger partial charge on any atom is 0.410 e. The van der Waals surface area contributed by atoms with Crippen molar-refractivity contribution >= 4 is 12.1 Å². The molecule has 2 N–H and O–H groups in total. The van der Waals surface area contributed by atoms with E-state index in [1.807, 2.05) is 38.1 Å². The second-order valence-corrected chi connectivity index (χ2v) is 9.90. The highest BCUT2D eigenvalue weighted by Crippen LogP contribution is 2.36. The molecular formula is C22H38N6O2. The normalized spacial score (nSPS) is 24.3. The monoisotopic (exact) mass is 418 g/mol. The molecule has 8 nitrogen and oxygen atoms in total. The predicted octanol–water partition coefficient (Wildman–Crippen LogP) is 3.13. The minimum absolute atomic E-state index is 0.173. The van der Waals surface area contributed by atoms with E-state index in [0.717, 1.165) is 44.0 Å². The highest BCUT2D eigenvalue weighted by molar-refractivity contribution is 5.80. The van der Waals surface area contributed by atoms with Crippen molar-refractivity contribution in [2.24, 2.45) is 10.9 Å². The van der Waals surface area contributed by atoms with Gasteiger partial charge in [0, 0.05) is 44.1 Å². The molecule has 2 unspecified atom stereocenters. The summed E-state index contributed by atoms with van der Waals surface area (Å²) in [7, 11) is 1.79. The molecule has 2 fully saturated rings. The first-order chi connectivity index (χ1) is 14.2. The summed E-state index contributed by atoms with van der Waals surface area (Å²) in [6.45, 7) is 11.7. The van der Waals surface area contributed by atoms with E-state index in [1.165, 1.54) is 0 Å². The van der Waals surface area contributed by atoms with Gasteiger partial charge in [-0.15, -0.1) is 0 Å². The zero-order valence-corrected chi connectivity index (χ0v) is 19.3. The molecule has 3 heterocycles. The van der Waals surface area contributed by atoms with Crippen LogP contribution in [0.15, 0.2) is 17.4 Å². The number of ether oxygens (including phenoxy) is 1. The van der Waals surface area contributed by atoms with Gasteiger partial charge in [-0.2, -0.15) is 0 Å². The van der Waals surface area contributed by atoms with E-state index >= 15 is 0 Å². The number of guanidine groups is 1. The van der Waals surface area contributed by atoms with E-state index in [0.29, 0.717) is 18.5 Å². The van der Waals surface area contributed by atoms with E-state index < -0.39 is 5.60 Å². The molecule has 2 atom stereocenters. The van der Waals surface area contributed by atoms with Crippen LogP contribution in [-0.2, 0) is 17.8 Å². The molecule has 1 aromatic rings. The van der Waals surface area contributed by atoms with E-state index in [1.54, 1.807) is 7.05 Å². The minimum atomic E-state index is -0.459. The number of aliphatic imine (C=N–C) groups is 1. The van der Waals surface area contributed by atoms with Crippen LogP contribution in [0.25, 0.3) is 0 Å². The second kappa shape index (κ2) is 9.27. The summed E-state index contributed by atoms with van der Waals surface area (Å²) in [5.74, 6) is 2.36. The number of amides is 1. The lowest BCUT2D eigenvalue weighted by molar-refractivity contribution is 0.00545. The molecule has 0 radical (unpaired) electrons. The summed E-state index contributed by atoms with van der Waals surface area (Å²) in [5, 5.41) is 6.96. The molecule has 0 saturated carbocycles. The van der Waals surface area contributed by atoms with Crippen molar-refractivity contribution in [1.82, 2.24) is 25.1 Å². The quantitative estimate of drug-likeness (QED) is 0.567. The topological polar surface area (TPSA) is 83.8 Å². The number of carbonyl (C=O) groups is 1. The lowest BCUT2D eigenvalue weighted by Gasteiger charge is -2.40. The van der Waals surface area contributed by atoms with Gasteiger partial charge in [-0.25, -0.2) is 9.78 Å². The summed E-state index contributed by atoms with van der Waals surface area (Å²) in [5.41, 5.74) is -0.459. The van der Waals surface area contributed by atoms with Crippen LogP contribution >= 0.6 is 0 Å². The third-order valence-electron chi connectivity index (χ3n) is 5.68. The Balaban J connectivity index is 1.53. The standard InChI is InChI=1S/C22H38N6O2/c1-15(2)14-27-10-9-24-19(27)13-25-20(23-6)26-16-11-17-7-8-18(12-16)28(17)21(29)30-22(3,4)5/h9-10,15-18H,7-8,11-14H2,1-6H3,(H2,23,25,26). The zero-order valence-electron chi connectivity index (χ0n) is 19.3. The first-order valence-electron chi connectivity index (χ1n) is 11.1. The Labute approximate surface area is 180 Å². The molecule has 0 aromatic carbocycles. The molecule has 2 bridgehead atoms. The van der Waals surface area contributed by atoms with Crippen LogP contribution in [0.1, 0.15) is 66.1 Å². The van der Waals surface area contributed by atoms with E-state index in [4.69, 9.17) is 4.74 Å². The molecule has 3 rings (SSSR count).